The van der Waals surface area contributed by atoms with Gasteiger partial charge in [-0.15, -0.1) is 0 Å². The van der Waals surface area contributed by atoms with Crippen LogP contribution >= 0.6 is 15.9 Å². The van der Waals surface area contributed by atoms with Gasteiger partial charge in [0.05, 0.1) is 25.8 Å². The average Bonchev–Trinajstić information content (AvgIpc) is 3.30. The number of carbonyl (C=O) groups is 1. The van der Waals surface area contributed by atoms with Gasteiger partial charge in [-0.05, 0) is 52.7 Å². The van der Waals surface area contributed by atoms with E-state index in [9.17, 15) is 4.79 Å². The fraction of sp³-hybridized carbons (Fsp3) is 0.435. The Kier molecular flexibility index (Phi) is 6.66. The van der Waals surface area contributed by atoms with E-state index >= 15 is 0 Å². The lowest BCUT2D eigenvalue weighted by atomic mass is 9.89. The minimum Gasteiger partial charge on any atom is -0.493 e. The maximum Gasteiger partial charge on any atom is 0.231 e. The van der Waals surface area contributed by atoms with Gasteiger partial charge in [-0.25, -0.2) is 0 Å². The van der Waals surface area contributed by atoms with Crippen LogP contribution in [0.2, 0.25) is 0 Å². The molecule has 2 aromatic carbocycles. The molecule has 0 bridgehead atoms. The Hall–Kier alpha value is -2.65. The Bertz CT molecular complexity index is 1030. The zero-order valence-electron chi connectivity index (χ0n) is 18.6. The molecule has 2 aliphatic heterocycles. The smallest absolute Gasteiger partial charge is 0.231 e. The molecule has 32 heavy (non-hydrogen) atoms. The number of likely N-dealkylation sites (N-methyl/N-ethyl adjacent to an activating group) is 1. The van der Waals surface area contributed by atoms with E-state index in [1.807, 2.05) is 25.2 Å². The molecule has 0 spiro atoms. The topological polar surface area (TPSA) is 78.5 Å². The molecular weight excluding hydrogens is 480 g/mol. The van der Waals surface area contributed by atoms with Crippen molar-refractivity contribution in [1.82, 2.24) is 10.2 Å². The molecule has 0 aliphatic carbocycles. The van der Waals surface area contributed by atoms with E-state index < -0.39 is 0 Å². The number of ether oxygens (including phenoxy) is 5. The quantitative estimate of drug-likeness (QED) is 0.616. The van der Waals surface area contributed by atoms with Crippen LogP contribution in [0.15, 0.2) is 22.7 Å². The van der Waals surface area contributed by atoms with Gasteiger partial charge < -0.3 is 29.0 Å². The second kappa shape index (κ2) is 9.46. The van der Waals surface area contributed by atoms with E-state index in [-0.39, 0.29) is 18.7 Å². The van der Waals surface area contributed by atoms with Crippen LogP contribution in [0.4, 0.5) is 0 Å². The van der Waals surface area contributed by atoms with Gasteiger partial charge in [-0.1, -0.05) is 6.07 Å². The van der Waals surface area contributed by atoms with Crippen molar-refractivity contribution < 1.29 is 28.5 Å². The molecule has 8 nitrogen and oxygen atoms in total. The molecule has 1 atom stereocenters. The number of amides is 1. The predicted octanol–water partition coefficient (Wildman–Crippen LogP) is 3.44. The second-order valence-corrected chi connectivity index (χ2v) is 8.51. The molecule has 1 unspecified atom stereocenters. The van der Waals surface area contributed by atoms with Gasteiger partial charge in [0.25, 0.3) is 0 Å². The normalized spacial score (nSPS) is 17.0. The highest BCUT2D eigenvalue weighted by Gasteiger charge is 2.37. The highest BCUT2D eigenvalue weighted by Crippen LogP contribution is 2.54. The molecule has 2 aromatic rings. The number of carbonyl (C=O) groups excluding carboxylic acids is 1. The summed E-state index contributed by atoms with van der Waals surface area (Å²) in [6, 6.07) is 5.45. The lowest BCUT2D eigenvalue weighted by Crippen LogP contribution is -2.36. The van der Waals surface area contributed by atoms with E-state index in [1.165, 1.54) is 0 Å². The van der Waals surface area contributed by atoms with Crippen LogP contribution in [0.1, 0.15) is 29.2 Å². The first-order chi connectivity index (χ1) is 15.5. The van der Waals surface area contributed by atoms with Gasteiger partial charge in [0, 0.05) is 31.1 Å². The summed E-state index contributed by atoms with van der Waals surface area (Å²) in [5.41, 5.74) is 3.00. The second-order valence-electron chi connectivity index (χ2n) is 7.72. The van der Waals surface area contributed by atoms with Crippen molar-refractivity contribution in [3.63, 3.8) is 0 Å². The summed E-state index contributed by atoms with van der Waals surface area (Å²) in [4.78, 5) is 15.1. The number of hydrogen-bond donors (Lipinski definition) is 1. The van der Waals surface area contributed by atoms with E-state index in [2.05, 4.69) is 26.1 Å². The first-order valence-corrected chi connectivity index (χ1v) is 11.1. The Labute approximate surface area is 195 Å². The summed E-state index contributed by atoms with van der Waals surface area (Å²) in [5.74, 6) is 3.12. The summed E-state index contributed by atoms with van der Waals surface area (Å²) in [6.07, 6.45) is 1.11. The third-order valence-electron chi connectivity index (χ3n) is 5.95. The van der Waals surface area contributed by atoms with Gasteiger partial charge >= 0.3 is 0 Å². The summed E-state index contributed by atoms with van der Waals surface area (Å²) >= 11 is 3.68. The molecule has 0 saturated carbocycles. The van der Waals surface area contributed by atoms with Crippen molar-refractivity contribution in [2.24, 2.45) is 0 Å². The molecule has 1 amide bonds. The highest BCUT2D eigenvalue weighted by molar-refractivity contribution is 9.10. The molecule has 2 heterocycles. The summed E-state index contributed by atoms with van der Waals surface area (Å²) in [5, 5.41) is 3.02. The SMILES string of the molecule is COc1ccc(CNC(=O)CC2c3c(c(Br)c4c(c3OC)OCO4)CCN2C)cc1OC. The van der Waals surface area contributed by atoms with Crippen molar-refractivity contribution in [2.75, 3.05) is 41.7 Å². The first kappa shape index (κ1) is 22.5. The van der Waals surface area contributed by atoms with Crippen molar-refractivity contribution in [2.45, 2.75) is 25.4 Å². The average molecular weight is 507 g/mol. The maximum absolute atomic E-state index is 12.9. The van der Waals surface area contributed by atoms with Crippen molar-refractivity contribution in [3.8, 4) is 28.7 Å². The Balaban J connectivity index is 1.54. The molecule has 172 valence electrons. The molecule has 1 N–H and O–H groups in total. The third-order valence-corrected chi connectivity index (χ3v) is 6.79. The van der Waals surface area contributed by atoms with Crippen LogP contribution in [0.3, 0.4) is 0 Å². The first-order valence-electron chi connectivity index (χ1n) is 10.3. The summed E-state index contributed by atoms with van der Waals surface area (Å²) in [7, 11) is 6.83. The van der Waals surface area contributed by atoms with E-state index in [4.69, 9.17) is 23.7 Å². The Morgan fingerprint density at radius 1 is 1.16 bits per heavy atom. The third kappa shape index (κ3) is 4.06. The zero-order chi connectivity index (χ0) is 22.8. The van der Waals surface area contributed by atoms with E-state index in [0.29, 0.717) is 41.7 Å². The van der Waals surface area contributed by atoms with Crippen molar-refractivity contribution >= 4 is 21.8 Å². The fourth-order valence-corrected chi connectivity index (χ4v) is 4.99. The Morgan fingerprint density at radius 2 is 1.91 bits per heavy atom. The van der Waals surface area contributed by atoms with Crippen LogP contribution in [0, 0.1) is 0 Å². The lowest BCUT2D eigenvalue weighted by Gasteiger charge is -2.36. The zero-order valence-corrected chi connectivity index (χ0v) is 20.2. The molecular formula is C23H27BrN2O6. The van der Waals surface area contributed by atoms with Crippen LogP contribution in [0.25, 0.3) is 0 Å². The van der Waals surface area contributed by atoms with Crippen LogP contribution < -0.4 is 29.0 Å². The molecule has 0 saturated heterocycles. The van der Waals surface area contributed by atoms with Crippen LogP contribution in [-0.2, 0) is 17.8 Å². The minimum atomic E-state index is -0.148. The number of fused-ring (bicyclic) bond motifs is 2. The number of nitrogens with zero attached hydrogens (tertiary/aromatic N) is 1. The maximum atomic E-state index is 12.9. The molecule has 4 rings (SSSR count). The molecule has 0 radical (unpaired) electrons. The number of benzene rings is 2. The van der Waals surface area contributed by atoms with E-state index in [1.54, 1.807) is 21.3 Å². The predicted molar refractivity (Wildman–Crippen MR) is 122 cm³/mol. The van der Waals surface area contributed by atoms with E-state index in [0.717, 1.165) is 34.1 Å². The number of rotatable bonds is 7. The van der Waals surface area contributed by atoms with Crippen molar-refractivity contribution in [3.05, 3.63) is 39.4 Å². The van der Waals surface area contributed by atoms with Gasteiger partial charge in [-0.3, -0.25) is 9.69 Å². The van der Waals surface area contributed by atoms with Gasteiger partial charge in [0.1, 0.15) is 0 Å². The molecule has 0 aromatic heterocycles. The van der Waals surface area contributed by atoms with Crippen LogP contribution in [-0.4, -0.2) is 52.5 Å². The fourth-order valence-electron chi connectivity index (χ4n) is 4.29. The minimum absolute atomic E-state index is 0.0553. The lowest BCUT2D eigenvalue weighted by molar-refractivity contribution is -0.122. The number of hydrogen-bond acceptors (Lipinski definition) is 7. The molecule has 9 heteroatoms. The largest absolute Gasteiger partial charge is 0.493 e. The van der Waals surface area contributed by atoms with Gasteiger partial charge in [0.2, 0.25) is 18.4 Å². The van der Waals surface area contributed by atoms with Gasteiger partial charge in [-0.2, -0.15) is 0 Å². The van der Waals surface area contributed by atoms with Gasteiger partial charge in [0.15, 0.2) is 23.0 Å². The van der Waals surface area contributed by atoms with Crippen molar-refractivity contribution in [1.29, 1.82) is 0 Å². The monoisotopic (exact) mass is 506 g/mol. The molecule has 2 aliphatic rings. The summed E-state index contributed by atoms with van der Waals surface area (Å²) < 4.78 is 28.6. The number of nitrogens with one attached hydrogen (secondary N) is 1. The Morgan fingerprint density at radius 3 is 2.62 bits per heavy atom. The molecule has 0 fully saturated rings. The number of methoxy groups -OCH3 is 3. The number of halogens is 1. The standard InChI is InChI=1S/C23H27BrN2O6/c1-26-8-7-14-19(21(30-4)23-22(20(14)24)31-12-32-23)15(26)10-18(27)25-11-13-5-6-16(28-2)17(9-13)29-3/h5-6,9,15H,7-8,10-12H2,1-4H3,(H,25,27). The highest BCUT2D eigenvalue weighted by atomic mass is 79.9. The van der Waals surface area contributed by atoms with Crippen LogP contribution in [0.5, 0.6) is 28.7 Å². The summed E-state index contributed by atoms with van der Waals surface area (Å²) in [6.45, 7) is 1.37.